The highest BCUT2D eigenvalue weighted by Gasteiger charge is 1.94. The lowest BCUT2D eigenvalue weighted by atomic mass is 10.1. The van der Waals surface area contributed by atoms with Crippen molar-refractivity contribution in [1.29, 1.82) is 0 Å². The average Bonchev–Trinajstić information content (AvgIpc) is 2.36. The van der Waals surface area contributed by atoms with E-state index in [1.54, 1.807) is 7.11 Å². The van der Waals surface area contributed by atoms with Gasteiger partial charge in [0.05, 0.1) is 6.61 Å². The van der Waals surface area contributed by atoms with Gasteiger partial charge in [0, 0.05) is 13.2 Å². The van der Waals surface area contributed by atoms with Gasteiger partial charge in [0.15, 0.2) is 0 Å². The number of rotatable bonds is 7. The predicted octanol–water partition coefficient (Wildman–Crippen LogP) is 3.23. The van der Waals surface area contributed by atoms with E-state index in [9.17, 15) is 0 Å². The zero-order valence-corrected chi connectivity index (χ0v) is 11.1. The summed E-state index contributed by atoms with van der Waals surface area (Å²) in [5.74, 6) is 0. The Morgan fingerprint density at radius 3 is 2.59 bits per heavy atom. The van der Waals surface area contributed by atoms with Gasteiger partial charge in [0.25, 0.3) is 0 Å². The Labute approximate surface area is 105 Å². The minimum absolute atomic E-state index is 0.425. The standard InChI is InChI=1S/C15H23NO/c1-4-11-16-13(2)5-6-14-7-9-15(10-8-14)12-17-3/h5-10,13,16H,4,11-12H2,1-3H3/b6-5+. The molecule has 0 spiro atoms. The van der Waals surface area contributed by atoms with Gasteiger partial charge in [-0.3, -0.25) is 0 Å². The number of methoxy groups -OCH3 is 1. The fourth-order valence-electron chi connectivity index (χ4n) is 1.59. The number of hydrogen-bond donors (Lipinski definition) is 1. The van der Waals surface area contributed by atoms with E-state index in [-0.39, 0.29) is 0 Å². The zero-order chi connectivity index (χ0) is 12.5. The van der Waals surface area contributed by atoms with E-state index in [1.165, 1.54) is 17.5 Å². The van der Waals surface area contributed by atoms with Gasteiger partial charge in [-0.2, -0.15) is 0 Å². The van der Waals surface area contributed by atoms with Gasteiger partial charge in [-0.1, -0.05) is 43.3 Å². The quantitative estimate of drug-likeness (QED) is 0.780. The highest BCUT2D eigenvalue weighted by molar-refractivity contribution is 5.50. The topological polar surface area (TPSA) is 21.3 Å². The number of benzene rings is 1. The van der Waals surface area contributed by atoms with Crippen LogP contribution in [-0.2, 0) is 11.3 Å². The van der Waals surface area contributed by atoms with Gasteiger partial charge >= 0.3 is 0 Å². The van der Waals surface area contributed by atoms with Crippen molar-refractivity contribution in [3.05, 3.63) is 41.5 Å². The molecular formula is C15H23NO. The summed E-state index contributed by atoms with van der Waals surface area (Å²) in [5.41, 5.74) is 2.44. The fraction of sp³-hybridized carbons (Fsp3) is 0.467. The van der Waals surface area contributed by atoms with E-state index < -0.39 is 0 Å². The number of hydrogen-bond acceptors (Lipinski definition) is 2. The molecule has 1 atom stereocenters. The van der Waals surface area contributed by atoms with Crippen LogP contribution in [0.1, 0.15) is 31.4 Å². The molecule has 0 aliphatic rings. The first-order valence-electron chi connectivity index (χ1n) is 6.25. The van der Waals surface area contributed by atoms with E-state index >= 15 is 0 Å². The molecule has 1 aromatic carbocycles. The van der Waals surface area contributed by atoms with Crippen molar-refractivity contribution in [2.75, 3.05) is 13.7 Å². The first-order valence-corrected chi connectivity index (χ1v) is 6.25. The molecule has 2 heteroatoms. The summed E-state index contributed by atoms with van der Waals surface area (Å²) in [6.07, 6.45) is 5.52. The molecule has 0 aliphatic carbocycles. The van der Waals surface area contributed by atoms with Crippen LogP contribution in [0.5, 0.6) is 0 Å². The highest BCUT2D eigenvalue weighted by atomic mass is 16.5. The maximum Gasteiger partial charge on any atom is 0.0713 e. The molecule has 0 saturated heterocycles. The third-order valence-electron chi connectivity index (χ3n) is 2.58. The lowest BCUT2D eigenvalue weighted by Crippen LogP contribution is -2.24. The first kappa shape index (κ1) is 13.9. The van der Waals surface area contributed by atoms with Crippen molar-refractivity contribution < 1.29 is 4.74 Å². The lowest BCUT2D eigenvalue weighted by molar-refractivity contribution is 0.185. The van der Waals surface area contributed by atoms with Crippen molar-refractivity contribution >= 4 is 6.08 Å². The molecule has 1 rings (SSSR count). The third-order valence-corrected chi connectivity index (χ3v) is 2.58. The van der Waals surface area contributed by atoms with Crippen molar-refractivity contribution in [3.63, 3.8) is 0 Å². The Balaban J connectivity index is 2.47. The minimum atomic E-state index is 0.425. The van der Waals surface area contributed by atoms with E-state index in [0.29, 0.717) is 12.6 Å². The summed E-state index contributed by atoms with van der Waals surface area (Å²) in [7, 11) is 1.72. The molecule has 0 fully saturated rings. The van der Waals surface area contributed by atoms with Crippen molar-refractivity contribution in [1.82, 2.24) is 5.32 Å². The maximum atomic E-state index is 5.08. The summed E-state index contributed by atoms with van der Waals surface area (Å²) in [6, 6.07) is 8.88. The third kappa shape index (κ3) is 5.66. The SMILES string of the molecule is CCCNC(C)/C=C/c1ccc(COC)cc1. The Bertz CT molecular complexity index is 329. The van der Waals surface area contributed by atoms with E-state index in [0.717, 1.165) is 6.54 Å². The van der Waals surface area contributed by atoms with Gasteiger partial charge in [-0.25, -0.2) is 0 Å². The summed E-state index contributed by atoms with van der Waals surface area (Å²) < 4.78 is 5.08. The van der Waals surface area contributed by atoms with Gasteiger partial charge in [0.2, 0.25) is 0 Å². The second-order valence-corrected chi connectivity index (χ2v) is 4.28. The highest BCUT2D eigenvalue weighted by Crippen LogP contribution is 2.07. The van der Waals surface area contributed by atoms with Crippen LogP contribution in [0.3, 0.4) is 0 Å². The fourth-order valence-corrected chi connectivity index (χ4v) is 1.59. The normalized spacial score (nSPS) is 13.1. The summed E-state index contributed by atoms with van der Waals surface area (Å²) in [6.45, 7) is 6.10. The molecule has 17 heavy (non-hydrogen) atoms. The van der Waals surface area contributed by atoms with E-state index in [4.69, 9.17) is 4.74 Å². The molecule has 94 valence electrons. The van der Waals surface area contributed by atoms with Crippen molar-refractivity contribution in [2.24, 2.45) is 0 Å². The second kappa shape index (κ2) is 8.04. The van der Waals surface area contributed by atoms with Crippen LogP contribution >= 0.6 is 0 Å². The zero-order valence-electron chi connectivity index (χ0n) is 11.1. The molecular weight excluding hydrogens is 210 g/mol. The van der Waals surface area contributed by atoms with Gasteiger partial charge in [-0.05, 0) is 31.0 Å². The molecule has 2 nitrogen and oxygen atoms in total. The van der Waals surface area contributed by atoms with E-state index in [2.05, 4.69) is 55.6 Å². The lowest BCUT2D eigenvalue weighted by Gasteiger charge is -2.07. The average molecular weight is 233 g/mol. The van der Waals surface area contributed by atoms with Crippen molar-refractivity contribution in [3.8, 4) is 0 Å². The summed E-state index contributed by atoms with van der Waals surface area (Å²) in [4.78, 5) is 0. The molecule has 0 bridgehead atoms. The molecule has 1 unspecified atom stereocenters. The largest absolute Gasteiger partial charge is 0.380 e. The Morgan fingerprint density at radius 1 is 1.29 bits per heavy atom. The maximum absolute atomic E-state index is 5.08. The van der Waals surface area contributed by atoms with Crippen LogP contribution < -0.4 is 5.32 Å². The first-order chi connectivity index (χ1) is 8.26. The van der Waals surface area contributed by atoms with Crippen LogP contribution in [0.4, 0.5) is 0 Å². The molecule has 1 aromatic rings. The second-order valence-electron chi connectivity index (χ2n) is 4.28. The van der Waals surface area contributed by atoms with Crippen LogP contribution in [-0.4, -0.2) is 19.7 Å². The van der Waals surface area contributed by atoms with Crippen LogP contribution in [0.2, 0.25) is 0 Å². The Morgan fingerprint density at radius 2 is 2.00 bits per heavy atom. The minimum Gasteiger partial charge on any atom is -0.380 e. The van der Waals surface area contributed by atoms with Crippen molar-refractivity contribution in [2.45, 2.75) is 32.9 Å². The predicted molar refractivity (Wildman–Crippen MR) is 73.9 cm³/mol. The molecule has 0 aromatic heterocycles. The molecule has 0 aliphatic heterocycles. The molecule has 1 N–H and O–H groups in total. The van der Waals surface area contributed by atoms with Crippen LogP contribution in [0.15, 0.2) is 30.3 Å². The summed E-state index contributed by atoms with van der Waals surface area (Å²) >= 11 is 0. The monoisotopic (exact) mass is 233 g/mol. The Kier molecular flexibility index (Phi) is 6.60. The Hall–Kier alpha value is -1.12. The molecule has 0 radical (unpaired) electrons. The summed E-state index contributed by atoms with van der Waals surface area (Å²) in [5, 5.41) is 3.43. The van der Waals surface area contributed by atoms with Gasteiger partial charge in [0.1, 0.15) is 0 Å². The molecule has 0 heterocycles. The van der Waals surface area contributed by atoms with Gasteiger partial charge < -0.3 is 10.1 Å². The number of ether oxygens (including phenoxy) is 1. The van der Waals surface area contributed by atoms with Gasteiger partial charge in [-0.15, -0.1) is 0 Å². The molecule has 0 amide bonds. The smallest absolute Gasteiger partial charge is 0.0713 e. The molecule has 0 saturated carbocycles. The van der Waals surface area contributed by atoms with Crippen LogP contribution in [0, 0.1) is 0 Å². The number of nitrogens with one attached hydrogen (secondary N) is 1. The van der Waals surface area contributed by atoms with E-state index in [1.807, 2.05) is 0 Å². The van der Waals surface area contributed by atoms with Crippen LogP contribution in [0.25, 0.3) is 6.08 Å².